The molecule has 0 aromatic heterocycles. The standard InChI is InChI=1S/C14H26N6O4S/c15-4-3-9(12(22)18-6-11(17)21)19-13(23)10-2-1-5-20(10)14(24)8(16)7-25/h8-10,25H,1-7,15-16H2,(H2,17,21)(H,18,22)(H,19,23)/t8-,9-,10-/m0/s1. The predicted molar refractivity (Wildman–Crippen MR) is 94.4 cm³/mol. The number of nitrogens with two attached hydrogens (primary N) is 3. The molecule has 3 atom stereocenters. The van der Waals surface area contributed by atoms with Crippen LogP contribution >= 0.6 is 12.6 Å². The van der Waals surface area contributed by atoms with E-state index >= 15 is 0 Å². The van der Waals surface area contributed by atoms with E-state index in [1.807, 2.05) is 0 Å². The zero-order valence-electron chi connectivity index (χ0n) is 13.9. The van der Waals surface area contributed by atoms with E-state index in [-0.39, 0.29) is 31.2 Å². The summed E-state index contributed by atoms with van der Waals surface area (Å²) >= 11 is 4.00. The monoisotopic (exact) mass is 374 g/mol. The van der Waals surface area contributed by atoms with Crippen LogP contribution < -0.4 is 27.8 Å². The van der Waals surface area contributed by atoms with Crippen molar-refractivity contribution in [1.29, 1.82) is 0 Å². The lowest BCUT2D eigenvalue weighted by Crippen LogP contribution is -2.56. The van der Waals surface area contributed by atoms with Crippen LogP contribution in [0.2, 0.25) is 0 Å². The Labute approximate surface area is 151 Å². The highest BCUT2D eigenvalue weighted by molar-refractivity contribution is 7.80. The van der Waals surface area contributed by atoms with Crippen LogP contribution in [0.5, 0.6) is 0 Å². The van der Waals surface area contributed by atoms with Gasteiger partial charge in [-0.25, -0.2) is 0 Å². The number of primary amides is 1. The van der Waals surface area contributed by atoms with Crippen molar-refractivity contribution in [3.8, 4) is 0 Å². The number of hydrogen-bond acceptors (Lipinski definition) is 7. The van der Waals surface area contributed by atoms with Gasteiger partial charge in [-0.1, -0.05) is 0 Å². The quantitative estimate of drug-likeness (QED) is 0.230. The molecule has 0 aliphatic carbocycles. The molecular formula is C14H26N6O4S. The van der Waals surface area contributed by atoms with Gasteiger partial charge in [0.05, 0.1) is 12.6 Å². The molecule has 0 saturated carbocycles. The topological polar surface area (TPSA) is 174 Å². The lowest BCUT2D eigenvalue weighted by molar-refractivity contribution is -0.140. The summed E-state index contributed by atoms with van der Waals surface area (Å²) in [6, 6.07) is -2.38. The number of nitrogens with zero attached hydrogens (tertiary/aromatic N) is 1. The van der Waals surface area contributed by atoms with E-state index in [4.69, 9.17) is 17.2 Å². The molecule has 0 bridgehead atoms. The summed E-state index contributed by atoms with van der Waals surface area (Å²) in [6.07, 6.45) is 1.33. The van der Waals surface area contributed by atoms with Crippen molar-refractivity contribution in [2.75, 3.05) is 25.4 Å². The van der Waals surface area contributed by atoms with Gasteiger partial charge in [0.2, 0.25) is 23.6 Å². The molecule has 0 spiro atoms. The van der Waals surface area contributed by atoms with Gasteiger partial charge in [-0.2, -0.15) is 12.6 Å². The summed E-state index contributed by atoms with van der Waals surface area (Å²) in [5.74, 6) is -1.87. The molecule has 11 heteroatoms. The van der Waals surface area contributed by atoms with E-state index < -0.39 is 35.8 Å². The highest BCUT2D eigenvalue weighted by Gasteiger charge is 2.37. The normalized spacial score (nSPS) is 19.2. The highest BCUT2D eigenvalue weighted by Crippen LogP contribution is 2.18. The highest BCUT2D eigenvalue weighted by atomic mass is 32.1. The predicted octanol–water partition coefficient (Wildman–Crippen LogP) is -3.33. The van der Waals surface area contributed by atoms with Crippen LogP contribution in [-0.4, -0.2) is 72.0 Å². The second kappa shape index (κ2) is 10.2. The maximum absolute atomic E-state index is 12.5. The molecule has 1 aliphatic rings. The molecule has 0 unspecified atom stereocenters. The Kier molecular flexibility index (Phi) is 8.66. The van der Waals surface area contributed by atoms with Gasteiger partial charge in [-0.05, 0) is 25.8 Å². The maximum Gasteiger partial charge on any atom is 0.243 e. The van der Waals surface area contributed by atoms with Gasteiger partial charge in [-0.15, -0.1) is 0 Å². The van der Waals surface area contributed by atoms with Gasteiger partial charge in [0.15, 0.2) is 0 Å². The molecule has 142 valence electrons. The third-order valence-electron chi connectivity index (χ3n) is 3.88. The Morgan fingerprint density at radius 2 is 1.96 bits per heavy atom. The molecule has 1 fully saturated rings. The van der Waals surface area contributed by atoms with E-state index in [0.29, 0.717) is 19.4 Å². The third-order valence-corrected chi connectivity index (χ3v) is 4.27. The number of likely N-dealkylation sites (tertiary alicyclic amines) is 1. The molecule has 0 aromatic carbocycles. The van der Waals surface area contributed by atoms with Gasteiger partial charge >= 0.3 is 0 Å². The molecule has 1 saturated heterocycles. The largest absolute Gasteiger partial charge is 0.368 e. The Morgan fingerprint density at radius 1 is 1.28 bits per heavy atom. The van der Waals surface area contributed by atoms with Crippen LogP contribution in [0.15, 0.2) is 0 Å². The van der Waals surface area contributed by atoms with E-state index in [9.17, 15) is 19.2 Å². The van der Waals surface area contributed by atoms with Crippen molar-refractivity contribution in [2.45, 2.75) is 37.4 Å². The Morgan fingerprint density at radius 3 is 2.52 bits per heavy atom. The van der Waals surface area contributed by atoms with E-state index in [1.165, 1.54) is 4.90 Å². The fourth-order valence-electron chi connectivity index (χ4n) is 2.59. The first-order valence-electron chi connectivity index (χ1n) is 8.05. The smallest absolute Gasteiger partial charge is 0.243 e. The molecule has 25 heavy (non-hydrogen) atoms. The summed E-state index contributed by atoms with van der Waals surface area (Å²) in [5.41, 5.74) is 16.2. The average molecular weight is 374 g/mol. The van der Waals surface area contributed by atoms with Gasteiger partial charge in [0.25, 0.3) is 0 Å². The van der Waals surface area contributed by atoms with Crippen LogP contribution in [0.25, 0.3) is 0 Å². The maximum atomic E-state index is 12.5. The van der Waals surface area contributed by atoms with Crippen molar-refractivity contribution in [2.24, 2.45) is 17.2 Å². The van der Waals surface area contributed by atoms with Gasteiger partial charge in [0.1, 0.15) is 12.1 Å². The molecule has 8 N–H and O–H groups in total. The van der Waals surface area contributed by atoms with Crippen LogP contribution in [0.4, 0.5) is 0 Å². The number of hydrogen-bond donors (Lipinski definition) is 6. The number of thiol groups is 1. The van der Waals surface area contributed by atoms with E-state index in [2.05, 4.69) is 23.3 Å². The summed E-state index contributed by atoms with van der Waals surface area (Å²) < 4.78 is 0. The minimum Gasteiger partial charge on any atom is -0.368 e. The minimum absolute atomic E-state index is 0.160. The summed E-state index contributed by atoms with van der Waals surface area (Å²) in [5, 5.41) is 4.92. The zero-order chi connectivity index (χ0) is 19.0. The molecule has 1 aliphatic heterocycles. The van der Waals surface area contributed by atoms with Crippen LogP contribution in [0, 0.1) is 0 Å². The first kappa shape index (κ1) is 21.2. The Balaban J connectivity index is 2.73. The Bertz CT molecular complexity index is 518. The number of carbonyl (C=O) groups is 4. The van der Waals surface area contributed by atoms with Crippen LogP contribution in [0.3, 0.4) is 0 Å². The molecule has 0 radical (unpaired) electrons. The second-order valence-corrected chi connectivity index (χ2v) is 6.17. The summed E-state index contributed by atoms with van der Waals surface area (Å²) in [7, 11) is 0. The minimum atomic E-state index is -0.909. The Hall–Kier alpha value is -1.85. The summed E-state index contributed by atoms with van der Waals surface area (Å²) in [4.78, 5) is 49.0. The number of nitrogens with one attached hydrogen (secondary N) is 2. The lowest BCUT2D eigenvalue weighted by Gasteiger charge is -2.27. The average Bonchev–Trinajstić information content (AvgIpc) is 3.07. The van der Waals surface area contributed by atoms with Crippen LogP contribution in [-0.2, 0) is 19.2 Å². The van der Waals surface area contributed by atoms with Crippen LogP contribution in [0.1, 0.15) is 19.3 Å². The molecule has 4 amide bonds. The first-order valence-corrected chi connectivity index (χ1v) is 8.68. The van der Waals surface area contributed by atoms with E-state index in [0.717, 1.165) is 0 Å². The van der Waals surface area contributed by atoms with Crippen molar-refractivity contribution >= 4 is 36.3 Å². The molecule has 10 nitrogen and oxygen atoms in total. The molecule has 1 heterocycles. The molecular weight excluding hydrogens is 348 g/mol. The van der Waals surface area contributed by atoms with Gasteiger partial charge < -0.3 is 32.7 Å². The van der Waals surface area contributed by atoms with E-state index in [1.54, 1.807) is 0 Å². The first-order chi connectivity index (χ1) is 11.8. The number of carbonyl (C=O) groups excluding carboxylic acids is 4. The lowest BCUT2D eigenvalue weighted by atomic mass is 10.1. The molecule has 0 aromatic rings. The van der Waals surface area contributed by atoms with Gasteiger partial charge in [-0.3, -0.25) is 19.2 Å². The summed E-state index contributed by atoms with van der Waals surface area (Å²) in [6.45, 7) is 0.251. The van der Waals surface area contributed by atoms with Gasteiger partial charge in [0, 0.05) is 12.3 Å². The SMILES string of the molecule is NCC[C@H](NC(=O)[C@@H]1CCCN1C(=O)[C@@H](N)CS)C(=O)NCC(N)=O. The second-order valence-electron chi connectivity index (χ2n) is 5.80. The zero-order valence-corrected chi connectivity index (χ0v) is 14.8. The van der Waals surface area contributed by atoms with Crippen molar-refractivity contribution in [3.05, 3.63) is 0 Å². The fraction of sp³-hybridized carbons (Fsp3) is 0.714. The third kappa shape index (κ3) is 6.18. The fourth-order valence-corrected chi connectivity index (χ4v) is 2.75. The van der Waals surface area contributed by atoms with Crippen molar-refractivity contribution < 1.29 is 19.2 Å². The molecule has 1 rings (SSSR count). The van der Waals surface area contributed by atoms with Crippen molar-refractivity contribution in [3.63, 3.8) is 0 Å². The number of amides is 4. The van der Waals surface area contributed by atoms with Crippen molar-refractivity contribution in [1.82, 2.24) is 15.5 Å². The number of rotatable bonds is 9.